The molecule has 17 heavy (non-hydrogen) atoms. The number of benzene rings is 1. The van der Waals surface area contributed by atoms with Crippen molar-refractivity contribution in [2.75, 3.05) is 13.2 Å². The summed E-state index contributed by atoms with van der Waals surface area (Å²) in [5, 5.41) is 14.0. The first kappa shape index (κ1) is 12.3. The fraction of sp³-hybridized carbons (Fsp3) is 0.455. The normalized spacial score (nSPS) is 19.2. The first-order valence-corrected chi connectivity index (χ1v) is 6.25. The second-order valence-corrected chi connectivity index (χ2v) is 4.92. The Kier molecular flexibility index (Phi) is 3.96. The van der Waals surface area contributed by atoms with E-state index in [9.17, 15) is 10.1 Å². The molecule has 1 aliphatic heterocycles. The van der Waals surface area contributed by atoms with E-state index in [2.05, 4.69) is 21.2 Å². The zero-order valence-corrected chi connectivity index (χ0v) is 10.8. The highest BCUT2D eigenvalue weighted by Crippen LogP contribution is 2.26. The Bertz CT molecular complexity index is 419. The van der Waals surface area contributed by atoms with E-state index in [0.29, 0.717) is 22.9 Å². The predicted octanol–water partition coefficient (Wildman–Crippen LogP) is 2.49. The maximum absolute atomic E-state index is 10.7. The molecule has 92 valence electrons. The van der Waals surface area contributed by atoms with Crippen LogP contribution in [0.1, 0.15) is 12.8 Å². The van der Waals surface area contributed by atoms with Gasteiger partial charge in [0.05, 0.1) is 11.0 Å². The first-order valence-electron chi connectivity index (χ1n) is 5.46. The molecule has 0 aliphatic carbocycles. The van der Waals surface area contributed by atoms with Crippen LogP contribution in [0.5, 0.6) is 5.75 Å². The number of hydrogen-bond acceptors (Lipinski definition) is 4. The molecule has 0 bridgehead atoms. The molecule has 0 spiro atoms. The molecule has 2 rings (SSSR count). The monoisotopic (exact) mass is 300 g/mol. The highest BCUT2D eigenvalue weighted by Gasteiger charge is 2.15. The van der Waals surface area contributed by atoms with Gasteiger partial charge in [-0.05, 0) is 25.5 Å². The lowest BCUT2D eigenvalue weighted by atomic mass is 10.2. The lowest BCUT2D eigenvalue weighted by Gasteiger charge is -2.12. The average molecular weight is 301 g/mol. The molecule has 1 atom stereocenters. The Labute approximate surface area is 107 Å². The fourth-order valence-electron chi connectivity index (χ4n) is 1.83. The number of non-ortho nitro benzene ring substituents is 1. The third-order valence-electron chi connectivity index (χ3n) is 2.68. The van der Waals surface area contributed by atoms with Crippen molar-refractivity contribution in [3.8, 4) is 5.75 Å². The van der Waals surface area contributed by atoms with E-state index in [4.69, 9.17) is 4.74 Å². The summed E-state index contributed by atoms with van der Waals surface area (Å²) in [5.41, 5.74) is 0.0359. The summed E-state index contributed by atoms with van der Waals surface area (Å²) in [5.74, 6) is 0.528. The molecule has 1 aromatic rings. The van der Waals surface area contributed by atoms with Crippen LogP contribution in [0.4, 0.5) is 5.69 Å². The smallest absolute Gasteiger partial charge is 0.274 e. The van der Waals surface area contributed by atoms with Gasteiger partial charge in [-0.3, -0.25) is 10.1 Å². The van der Waals surface area contributed by atoms with E-state index >= 15 is 0 Å². The standard InChI is InChI=1S/C11H13BrN2O3/c12-8-4-10(14(15)16)6-11(5-8)17-7-9-2-1-3-13-9/h4-6,9,13H,1-3,7H2. The van der Waals surface area contributed by atoms with Crippen molar-refractivity contribution < 1.29 is 9.66 Å². The Hall–Kier alpha value is -1.14. The highest BCUT2D eigenvalue weighted by molar-refractivity contribution is 9.10. The lowest BCUT2D eigenvalue weighted by Crippen LogP contribution is -2.28. The average Bonchev–Trinajstić information content (AvgIpc) is 2.78. The van der Waals surface area contributed by atoms with Crippen LogP contribution in [0, 0.1) is 10.1 Å². The second kappa shape index (κ2) is 5.46. The van der Waals surface area contributed by atoms with Crippen molar-refractivity contribution in [2.45, 2.75) is 18.9 Å². The molecule has 5 nitrogen and oxygen atoms in total. The molecule has 0 amide bonds. The molecule has 1 aromatic carbocycles. The van der Waals surface area contributed by atoms with Crippen molar-refractivity contribution in [3.05, 3.63) is 32.8 Å². The summed E-state index contributed by atoms with van der Waals surface area (Å²) in [4.78, 5) is 10.3. The van der Waals surface area contributed by atoms with E-state index in [1.165, 1.54) is 12.1 Å². The van der Waals surface area contributed by atoms with E-state index in [1.807, 2.05) is 0 Å². The molecule has 1 fully saturated rings. The lowest BCUT2D eigenvalue weighted by molar-refractivity contribution is -0.385. The quantitative estimate of drug-likeness (QED) is 0.685. The molecule has 6 heteroatoms. The number of nitrogens with zero attached hydrogens (tertiary/aromatic N) is 1. The molecule has 0 aromatic heterocycles. The summed E-state index contributed by atoms with van der Waals surface area (Å²) in [7, 11) is 0. The summed E-state index contributed by atoms with van der Waals surface area (Å²) in [6, 6.07) is 5.00. The summed E-state index contributed by atoms with van der Waals surface area (Å²) < 4.78 is 6.22. The molecule has 1 aliphatic rings. The van der Waals surface area contributed by atoms with Crippen molar-refractivity contribution in [1.29, 1.82) is 0 Å². The minimum atomic E-state index is -0.425. The highest BCUT2D eigenvalue weighted by atomic mass is 79.9. The second-order valence-electron chi connectivity index (χ2n) is 4.01. The summed E-state index contributed by atoms with van der Waals surface area (Å²) in [6.07, 6.45) is 2.25. The van der Waals surface area contributed by atoms with Crippen LogP contribution < -0.4 is 10.1 Å². The zero-order chi connectivity index (χ0) is 12.3. The number of ether oxygens (including phenoxy) is 1. The van der Waals surface area contributed by atoms with Gasteiger partial charge in [0, 0.05) is 16.6 Å². The Morgan fingerprint density at radius 3 is 3.00 bits per heavy atom. The molecule has 1 heterocycles. The molecular formula is C11H13BrN2O3. The molecule has 1 unspecified atom stereocenters. The maximum atomic E-state index is 10.7. The number of nitro groups is 1. The predicted molar refractivity (Wildman–Crippen MR) is 67.3 cm³/mol. The van der Waals surface area contributed by atoms with Crippen LogP contribution in [-0.2, 0) is 0 Å². The molecule has 1 N–H and O–H groups in total. The van der Waals surface area contributed by atoms with E-state index < -0.39 is 4.92 Å². The molecule has 0 saturated carbocycles. The van der Waals surface area contributed by atoms with E-state index in [0.717, 1.165) is 19.4 Å². The first-order chi connectivity index (χ1) is 8.15. The number of nitro benzene ring substituents is 1. The van der Waals surface area contributed by atoms with Gasteiger partial charge in [0.25, 0.3) is 5.69 Å². The Balaban J connectivity index is 2.01. The van der Waals surface area contributed by atoms with Gasteiger partial charge in [0.15, 0.2) is 0 Å². The summed E-state index contributed by atoms with van der Waals surface area (Å²) >= 11 is 3.23. The Morgan fingerprint density at radius 2 is 2.35 bits per heavy atom. The zero-order valence-electron chi connectivity index (χ0n) is 9.19. The van der Waals surface area contributed by atoms with Gasteiger partial charge in [-0.1, -0.05) is 15.9 Å². The summed E-state index contributed by atoms with van der Waals surface area (Å²) in [6.45, 7) is 1.57. The molecular weight excluding hydrogens is 288 g/mol. The third kappa shape index (κ3) is 3.41. The van der Waals surface area contributed by atoms with Gasteiger partial charge in [-0.25, -0.2) is 0 Å². The van der Waals surface area contributed by atoms with Crippen molar-refractivity contribution >= 4 is 21.6 Å². The van der Waals surface area contributed by atoms with Gasteiger partial charge in [0.1, 0.15) is 12.4 Å². The molecule has 1 saturated heterocycles. The number of halogens is 1. The minimum absolute atomic E-state index is 0.0359. The van der Waals surface area contributed by atoms with Gasteiger partial charge < -0.3 is 10.1 Å². The van der Waals surface area contributed by atoms with Crippen molar-refractivity contribution in [3.63, 3.8) is 0 Å². The third-order valence-corrected chi connectivity index (χ3v) is 3.14. The molecule has 0 radical (unpaired) electrons. The largest absolute Gasteiger partial charge is 0.492 e. The number of rotatable bonds is 4. The van der Waals surface area contributed by atoms with Gasteiger partial charge >= 0.3 is 0 Å². The SMILES string of the molecule is O=[N+]([O-])c1cc(Br)cc(OCC2CCCN2)c1. The van der Waals surface area contributed by atoms with Gasteiger partial charge in [-0.2, -0.15) is 0 Å². The Morgan fingerprint density at radius 1 is 1.53 bits per heavy atom. The van der Waals surface area contributed by atoms with Crippen LogP contribution in [0.2, 0.25) is 0 Å². The fourth-order valence-corrected chi connectivity index (χ4v) is 2.29. The van der Waals surface area contributed by atoms with Crippen LogP contribution in [0.15, 0.2) is 22.7 Å². The van der Waals surface area contributed by atoms with Crippen LogP contribution in [0.3, 0.4) is 0 Å². The van der Waals surface area contributed by atoms with E-state index in [-0.39, 0.29) is 5.69 Å². The van der Waals surface area contributed by atoms with Crippen LogP contribution >= 0.6 is 15.9 Å². The van der Waals surface area contributed by atoms with E-state index in [1.54, 1.807) is 6.07 Å². The number of hydrogen-bond donors (Lipinski definition) is 1. The van der Waals surface area contributed by atoms with Crippen LogP contribution in [0.25, 0.3) is 0 Å². The van der Waals surface area contributed by atoms with Gasteiger partial charge in [0.2, 0.25) is 0 Å². The van der Waals surface area contributed by atoms with Crippen molar-refractivity contribution in [1.82, 2.24) is 5.32 Å². The van der Waals surface area contributed by atoms with Crippen LogP contribution in [-0.4, -0.2) is 24.1 Å². The maximum Gasteiger partial charge on any atom is 0.274 e. The van der Waals surface area contributed by atoms with Gasteiger partial charge in [-0.15, -0.1) is 0 Å². The minimum Gasteiger partial charge on any atom is -0.492 e. The topological polar surface area (TPSA) is 64.4 Å². The van der Waals surface area contributed by atoms with Crippen molar-refractivity contribution in [2.24, 2.45) is 0 Å². The number of nitrogens with one attached hydrogen (secondary N) is 1.